The highest BCUT2D eigenvalue weighted by molar-refractivity contribution is 5.81. The van der Waals surface area contributed by atoms with Crippen LogP contribution in [0.5, 0.6) is 0 Å². The van der Waals surface area contributed by atoms with Crippen LogP contribution in [0.4, 0.5) is 13.2 Å². The summed E-state index contributed by atoms with van der Waals surface area (Å²) in [5.74, 6) is -0.541. The first-order valence-electron chi connectivity index (χ1n) is 8.74. The van der Waals surface area contributed by atoms with Gasteiger partial charge in [0.05, 0.1) is 18.0 Å². The van der Waals surface area contributed by atoms with Crippen LogP contribution < -0.4 is 5.32 Å². The fourth-order valence-electron chi connectivity index (χ4n) is 3.22. The Kier molecular flexibility index (Phi) is 5.53. The predicted molar refractivity (Wildman–Crippen MR) is 98.6 cm³/mol. The molecule has 0 fully saturated rings. The average Bonchev–Trinajstić information content (AvgIpc) is 2.66. The van der Waals surface area contributed by atoms with Crippen LogP contribution in [-0.2, 0) is 22.3 Å². The molecule has 0 bridgehead atoms. The summed E-state index contributed by atoms with van der Waals surface area (Å²) in [5, 5.41) is 2.65. The fourth-order valence-corrected chi connectivity index (χ4v) is 3.22. The van der Waals surface area contributed by atoms with Crippen LogP contribution >= 0.6 is 0 Å². The third kappa shape index (κ3) is 4.42. The van der Waals surface area contributed by atoms with Crippen molar-refractivity contribution in [3.05, 3.63) is 77.0 Å². The van der Waals surface area contributed by atoms with E-state index in [9.17, 15) is 22.8 Å². The number of benzene rings is 2. The lowest BCUT2D eigenvalue weighted by Gasteiger charge is -2.32. The Morgan fingerprint density at radius 2 is 1.86 bits per heavy atom. The average molecular weight is 388 g/mol. The fraction of sp³-hybridized carbons (Fsp3) is 0.238. The minimum atomic E-state index is -4.43. The summed E-state index contributed by atoms with van der Waals surface area (Å²) in [5.41, 5.74) is 1.38. The number of halogens is 3. The molecule has 0 spiro atoms. The second-order valence-electron chi connectivity index (χ2n) is 6.57. The standard InChI is InChI=1S/C21H19F3N2O2/c1-14(27)26-10-9-16-6-2-3-8-18(16)19(26)12-20(28)25-13-15-5-4-7-17(11-15)21(22,23)24/h2-11,19H,12-13H2,1H3,(H,25,28). The van der Waals surface area contributed by atoms with Gasteiger partial charge in [-0.3, -0.25) is 9.59 Å². The number of fused-ring (bicyclic) bond motifs is 1. The molecule has 0 aromatic heterocycles. The van der Waals surface area contributed by atoms with Crippen LogP contribution in [0.1, 0.15) is 41.6 Å². The molecular formula is C21H19F3N2O2. The lowest BCUT2D eigenvalue weighted by atomic mass is 9.93. The van der Waals surface area contributed by atoms with Gasteiger partial charge in [0.1, 0.15) is 0 Å². The van der Waals surface area contributed by atoms with Gasteiger partial charge in [-0.25, -0.2) is 0 Å². The summed E-state index contributed by atoms with van der Waals surface area (Å²) < 4.78 is 38.4. The van der Waals surface area contributed by atoms with Gasteiger partial charge in [-0.15, -0.1) is 0 Å². The largest absolute Gasteiger partial charge is 0.416 e. The minimum absolute atomic E-state index is 0.0138. The molecule has 1 heterocycles. The van der Waals surface area contributed by atoms with Crippen LogP contribution in [0.3, 0.4) is 0 Å². The van der Waals surface area contributed by atoms with E-state index < -0.39 is 17.8 Å². The van der Waals surface area contributed by atoms with Crippen molar-refractivity contribution in [3.8, 4) is 0 Å². The van der Waals surface area contributed by atoms with Crippen molar-refractivity contribution in [1.82, 2.24) is 10.2 Å². The van der Waals surface area contributed by atoms with Crippen molar-refractivity contribution < 1.29 is 22.8 Å². The zero-order chi connectivity index (χ0) is 20.3. The summed E-state index contributed by atoms with van der Waals surface area (Å²) >= 11 is 0. The van der Waals surface area contributed by atoms with Gasteiger partial charge in [-0.1, -0.05) is 36.4 Å². The van der Waals surface area contributed by atoms with Gasteiger partial charge in [0.25, 0.3) is 0 Å². The first kappa shape index (κ1) is 19.7. The van der Waals surface area contributed by atoms with Crippen molar-refractivity contribution in [2.45, 2.75) is 32.1 Å². The van der Waals surface area contributed by atoms with E-state index in [4.69, 9.17) is 0 Å². The van der Waals surface area contributed by atoms with E-state index in [1.165, 1.54) is 24.0 Å². The van der Waals surface area contributed by atoms with Crippen LogP contribution in [0.15, 0.2) is 54.7 Å². The van der Waals surface area contributed by atoms with Crippen molar-refractivity contribution >= 4 is 17.9 Å². The number of rotatable bonds is 4. The van der Waals surface area contributed by atoms with Gasteiger partial charge in [0.2, 0.25) is 11.8 Å². The molecule has 1 atom stereocenters. The summed E-state index contributed by atoms with van der Waals surface area (Å²) in [6.45, 7) is 1.40. The smallest absolute Gasteiger partial charge is 0.352 e. The Morgan fingerprint density at radius 1 is 1.11 bits per heavy atom. The van der Waals surface area contributed by atoms with Crippen LogP contribution in [0, 0.1) is 0 Å². The van der Waals surface area contributed by atoms with E-state index in [1.807, 2.05) is 30.3 Å². The van der Waals surface area contributed by atoms with E-state index in [2.05, 4.69) is 5.32 Å². The number of nitrogens with one attached hydrogen (secondary N) is 1. The molecule has 1 N–H and O–H groups in total. The molecule has 0 saturated carbocycles. The van der Waals surface area contributed by atoms with Crippen molar-refractivity contribution in [3.63, 3.8) is 0 Å². The Bertz CT molecular complexity index is 922. The molecule has 1 aliphatic heterocycles. The van der Waals surface area contributed by atoms with Gasteiger partial charge in [0, 0.05) is 19.7 Å². The Labute approximate surface area is 160 Å². The van der Waals surface area contributed by atoms with Crippen molar-refractivity contribution in [2.24, 2.45) is 0 Å². The zero-order valence-electron chi connectivity index (χ0n) is 15.2. The number of amides is 2. The molecule has 146 valence electrons. The maximum Gasteiger partial charge on any atom is 0.416 e. The molecule has 2 aromatic carbocycles. The summed E-state index contributed by atoms with van der Waals surface area (Å²) in [6, 6.07) is 11.8. The predicted octanol–water partition coefficient (Wildman–Crippen LogP) is 4.29. The Balaban J connectivity index is 1.70. The van der Waals surface area contributed by atoms with Gasteiger partial charge in [0.15, 0.2) is 0 Å². The van der Waals surface area contributed by atoms with E-state index in [1.54, 1.807) is 6.20 Å². The molecule has 0 radical (unpaired) electrons. The summed E-state index contributed by atoms with van der Waals surface area (Å²) in [7, 11) is 0. The van der Waals surface area contributed by atoms with E-state index in [0.717, 1.165) is 23.3 Å². The van der Waals surface area contributed by atoms with Crippen LogP contribution in [-0.4, -0.2) is 16.7 Å². The highest BCUT2D eigenvalue weighted by Gasteiger charge is 2.30. The zero-order valence-corrected chi connectivity index (χ0v) is 15.2. The molecule has 0 aliphatic carbocycles. The van der Waals surface area contributed by atoms with Crippen LogP contribution in [0.25, 0.3) is 6.08 Å². The quantitative estimate of drug-likeness (QED) is 0.850. The van der Waals surface area contributed by atoms with Crippen LogP contribution in [0.2, 0.25) is 0 Å². The lowest BCUT2D eigenvalue weighted by Crippen LogP contribution is -2.35. The minimum Gasteiger partial charge on any atom is -0.352 e. The molecule has 28 heavy (non-hydrogen) atoms. The van der Waals surface area contributed by atoms with Gasteiger partial charge < -0.3 is 10.2 Å². The third-order valence-electron chi connectivity index (χ3n) is 4.59. The normalized spacial score (nSPS) is 15.9. The summed E-state index contributed by atoms with van der Waals surface area (Å²) in [6.07, 6.45) is -0.955. The highest BCUT2D eigenvalue weighted by atomic mass is 19.4. The number of hydrogen-bond acceptors (Lipinski definition) is 2. The van der Waals surface area contributed by atoms with Crippen molar-refractivity contribution in [1.29, 1.82) is 0 Å². The third-order valence-corrected chi connectivity index (χ3v) is 4.59. The lowest BCUT2D eigenvalue weighted by molar-refractivity contribution is -0.137. The maximum atomic E-state index is 12.8. The second-order valence-corrected chi connectivity index (χ2v) is 6.57. The number of carbonyl (C=O) groups excluding carboxylic acids is 2. The molecule has 3 rings (SSSR count). The molecule has 2 aromatic rings. The number of nitrogens with zero attached hydrogens (tertiary/aromatic N) is 1. The molecule has 4 nitrogen and oxygen atoms in total. The van der Waals surface area contributed by atoms with E-state index in [0.29, 0.717) is 5.56 Å². The number of alkyl halides is 3. The molecule has 0 saturated heterocycles. The number of hydrogen-bond donors (Lipinski definition) is 1. The van der Waals surface area contributed by atoms with Gasteiger partial charge >= 0.3 is 6.18 Å². The number of carbonyl (C=O) groups is 2. The molecule has 1 unspecified atom stereocenters. The van der Waals surface area contributed by atoms with Crippen molar-refractivity contribution in [2.75, 3.05) is 0 Å². The monoisotopic (exact) mass is 388 g/mol. The van der Waals surface area contributed by atoms with Gasteiger partial charge in [-0.05, 0) is 34.9 Å². The van der Waals surface area contributed by atoms with E-state index >= 15 is 0 Å². The topological polar surface area (TPSA) is 49.4 Å². The maximum absolute atomic E-state index is 12.8. The molecule has 2 amide bonds. The molecule has 7 heteroatoms. The van der Waals surface area contributed by atoms with Gasteiger partial charge in [-0.2, -0.15) is 13.2 Å². The van der Waals surface area contributed by atoms with E-state index in [-0.39, 0.29) is 24.8 Å². The Hall–Kier alpha value is -3.09. The Morgan fingerprint density at radius 3 is 2.57 bits per heavy atom. The second kappa shape index (κ2) is 7.88. The highest BCUT2D eigenvalue weighted by Crippen LogP contribution is 2.33. The molecular weight excluding hydrogens is 369 g/mol. The summed E-state index contributed by atoms with van der Waals surface area (Å²) in [4.78, 5) is 25.9. The first-order chi connectivity index (χ1) is 13.3. The molecule has 1 aliphatic rings. The SMILES string of the molecule is CC(=O)N1C=Cc2ccccc2C1CC(=O)NCc1cccc(C(F)(F)F)c1. The first-order valence-corrected chi connectivity index (χ1v) is 8.74.